The minimum absolute atomic E-state index is 0.0772. The number of esters is 4. The Morgan fingerprint density at radius 3 is 0.880 bits per heavy atom. The molecule has 0 N–H and O–H groups in total. The van der Waals surface area contributed by atoms with Gasteiger partial charge in [-0.3, -0.25) is 38.4 Å². The molecular formula is C72H36N4O12S4. The number of allylic oxidation sites excluding steroid dienone is 2. The maximum Gasteiger partial charge on any atom is 0.333 e. The zero-order valence-corrected chi connectivity index (χ0v) is 50.6. The lowest BCUT2D eigenvalue weighted by Gasteiger charge is -2.27. The lowest BCUT2D eigenvalue weighted by Crippen LogP contribution is -2.46. The van der Waals surface area contributed by atoms with Crippen molar-refractivity contribution in [1.82, 2.24) is 0 Å². The minimum Gasteiger partial charge on any atom is -0.459 e. The molecule has 14 rings (SSSR count). The smallest absolute Gasteiger partial charge is 0.333 e. The highest BCUT2D eigenvalue weighted by molar-refractivity contribution is 7.34. The number of Topliss-reactive ketones (excluding diaryl/α,β-unsaturated/α-hetero) is 4. The number of fused-ring (bicyclic) bond motifs is 11. The molecule has 92 heavy (non-hydrogen) atoms. The predicted octanol–water partition coefficient (Wildman–Crippen LogP) is 13.0. The lowest BCUT2D eigenvalue weighted by molar-refractivity contribution is -0.166. The summed E-state index contributed by atoms with van der Waals surface area (Å²) in [6.45, 7) is -1.28. The first-order valence-electron chi connectivity index (χ1n) is 28.1. The van der Waals surface area contributed by atoms with Crippen molar-refractivity contribution in [2.24, 2.45) is 0 Å². The molecule has 440 valence electrons. The average molecular weight is 1280 g/mol. The second-order valence-electron chi connectivity index (χ2n) is 21.6. The zero-order chi connectivity index (χ0) is 63.7. The maximum absolute atomic E-state index is 16.0. The van der Waals surface area contributed by atoms with Crippen LogP contribution in [0.5, 0.6) is 0 Å². The third-order valence-electron chi connectivity index (χ3n) is 16.4. The molecule has 10 aromatic rings. The van der Waals surface area contributed by atoms with Crippen LogP contribution in [0, 0.1) is 45.3 Å². The number of carbonyl (C=O) groups is 8. The van der Waals surface area contributed by atoms with Gasteiger partial charge in [0.1, 0.15) is 50.7 Å². The average Bonchev–Trinajstić information content (AvgIpc) is 1.49. The van der Waals surface area contributed by atoms with Gasteiger partial charge >= 0.3 is 23.9 Å². The van der Waals surface area contributed by atoms with Gasteiger partial charge in [-0.2, -0.15) is 21.0 Å². The zero-order valence-electron chi connectivity index (χ0n) is 47.3. The van der Waals surface area contributed by atoms with E-state index in [0.717, 1.165) is 45.3 Å². The number of ether oxygens (including phenoxy) is 4. The SMILES string of the molecule is N#Cc1cc2c(cc1C#N)C(=O)C(=Cc1cc3c(s1)-c1sc4c5c(sc4c1C3(C(=O)OCc1ccccc1)C(=O)OCc1ccccc1)-c1sc(C=C3C(=O)c4cc(C#N)c(C#N)cc4C3=O)cc1C5(C(=O)OCc1ccccc1)C(=O)OCc1ccccc1)C2=O. The van der Waals surface area contributed by atoms with Crippen LogP contribution >= 0.6 is 45.3 Å². The molecule has 0 spiro atoms. The van der Waals surface area contributed by atoms with Gasteiger partial charge in [0, 0.05) is 54.3 Å². The number of hydrogen-bond donors (Lipinski definition) is 0. The van der Waals surface area contributed by atoms with E-state index in [1.165, 1.54) is 48.6 Å². The van der Waals surface area contributed by atoms with Crippen LogP contribution in [0.3, 0.4) is 0 Å². The standard InChI is InChI=1S/C72H36N4O12S4/c73-29-41-21-47-48(22-42(41)30-74)58(78)51(57(47)77)25-45-27-53-61(89-45)63-55(71(53,67(81)85-33-37-13-5-1-6-14-37)68(82)86-34-38-15-7-2-8-16-38)65-66(91-63)56-64(92-65)62-54(28-46(90-62)26-52-59(79)49-23-43(31-75)44(32-76)24-50(49)60(52)80)72(56,69(83)87-35-39-17-9-3-10-18-39)70(84)88-36-40-19-11-4-12-20-40/h1-28H,33-36H2. The van der Waals surface area contributed by atoms with Gasteiger partial charge in [-0.25, -0.2) is 0 Å². The molecule has 0 unspecified atom stereocenters. The molecule has 0 bridgehead atoms. The highest BCUT2D eigenvalue weighted by Gasteiger charge is 2.65. The number of nitriles is 4. The summed E-state index contributed by atoms with van der Waals surface area (Å²) in [6.07, 6.45) is 2.66. The molecule has 0 atom stereocenters. The number of hydrogen-bond acceptors (Lipinski definition) is 20. The largest absolute Gasteiger partial charge is 0.459 e. The van der Waals surface area contributed by atoms with Crippen molar-refractivity contribution in [2.75, 3.05) is 0 Å². The molecule has 0 fully saturated rings. The van der Waals surface area contributed by atoms with Crippen molar-refractivity contribution in [2.45, 2.75) is 37.3 Å². The van der Waals surface area contributed by atoms with Crippen molar-refractivity contribution >= 4 is 114 Å². The third kappa shape index (κ3) is 9.00. The molecule has 4 aliphatic rings. The van der Waals surface area contributed by atoms with Gasteiger partial charge < -0.3 is 18.9 Å². The minimum atomic E-state index is -2.51. The van der Waals surface area contributed by atoms with E-state index in [1.807, 2.05) is 24.3 Å². The van der Waals surface area contributed by atoms with Gasteiger partial charge in [-0.1, -0.05) is 121 Å². The summed E-state index contributed by atoms with van der Waals surface area (Å²) in [5, 5.41) is 39.3. The van der Waals surface area contributed by atoms with Crippen LogP contribution in [-0.4, -0.2) is 47.0 Å². The van der Waals surface area contributed by atoms with E-state index in [4.69, 9.17) is 18.9 Å². The summed E-state index contributed by atoms with van der Waals surface area (Å²) in [7, 11) is 0. The topological polar surface area (TPSA) is 269 Å². The number of benzene rings is 6. The van der Waals surface area contributed by atoms with Gasteiger partial charge in [0.15, 0.2) is 23.1 Å². The van der Waals surface area contributed by atoms with E-state index in [0.29, 0.717) is 41.8 Å². The quantitative estimate of drug-likeness (QED) is 0.0322. The molecule has 20 heteroatoms. The van der Waals surface area contributed by atoms with Crippen molar-refractivity contribution in [1.29, 1.82) is 21.0 Å². The van der Waals surface area contributed by atoms with Gasteiger partial charge in [0.25, 0.3) is 0 Å². The van der Waals surface area contributed by atoms with E-state index in [-0.39, 0.29) is 123 Å². The Kier molecular flexibility index (Phi) is 14.4. The first-order valence-corrected chi connectivity index (χ1v) is 31.3. The van der Waals surface area contributed by atoms with Crippen molar-refractivity contribution in [3.63, 3.8) is 0 Å². The van der Waals surface area contributed by atoms with Crippen LogP contribution in [0.1, 0.15) is 118 Å². The van der Waals surface area contributed by atoms with E-state index in [9.17, 15) is 40.2 Å². The first-order chi connectivity index (χ1) is 44.7. The lowest BCUT2D eigenvalue weighted by atomic mass is 9.77. The maximum atomic E-state index is 16.0. The summed E-state index contributed by atoms with van der Waals surface area (Å²) in [5.74, 6) is -7.19. The fourth-order valence-corrected chi connectivity index (χ4v) is 17.8. The van der Waals surface area contributed by atoms with Crippen LogP contribution in [-0.2, 0) is 75.4 Å². The van der Waals surface area contributed by atoms with E-state index < -0.39 is 57.8 Å². The summed E-state index contributed by atoms with van der Waals surface area (Å²) in [6, 6.07) is 50.4. The van der Waals surface area contributed by atoms with Crippen LogP contribution in [0.4, 0.5) is 0 Å². The Hall–Kier alpha value is -11.6. The molecule has 4 aliphatic carbocycles. The predicted molar refractivity (Wildman–Crippen MR) is 338 cm³/mol. The first kappa shape index (κ1) is 58.1. The van der Waals surface area contributed by atoms with E-state index >= 15 is 19.2 Å². The molecule has 0 saturated carbocycles. The molecule has 0 amide bonds. The Morgan fingerprint density at radius 1 is 0.370 bits per heavy atom. The van der Waals surface area contributed by atoms with Crippen LogP contribution < -0.4 is 0 Å². The number of rotatable bonds is 14. The van der Waals surface area contributed by atoms with Crippen molar-refractivity contribution < 1.29 is 57.3 Å². The molecule has 0 aliphatic heterocycles. The molecule has 16 nitrogen and oxygen atoms in total. The molecule has 4 aromatic heterocycles. The van der Waals surface area contributed by atoms with Crippen LogP contribution in [0.15, 0.2) is 169 Å². The monoisotopic (exact) mass is 1280 g/mol. The molecule has 0 saturated heterocycles. The summed E-state index contributed by atoms with van der Waals surface area (Å²) < 4.78 is 25.6. The summed E-state index contributed by atoms with van der Waals surface area (Å²) in [4.78, 5) is 123. The second kappa shape index (κ2) is 22.8. The van der Waals surface area contributed by atoms with Gasteiger partial charge in [-0.05, 0) is 70.8 Å². The Labute approximate surface area is 537 Å². The highest BCUT2D eigenvalue weighted by atomic mass is 32.1. The normalized spacial score (nSPS) is 14.0. The molecular weight excluding hydrogens is 1240 g/mol. The number of carbonyl (C=O) groups excluding carboxylic acids is 8. The highest BCUT2D eigenvalue weighted by Crippen LogP contribution is 2.67. The Bertz CT molecular complexity index is 4670. The van der Waals surface area contributed by atoms with Crippen LogP contribution in [0.25, 0.3) is 41.1 Å². The summed E-state index contributed by atoms with van der Waals surface area (Å²) in [5.41, 5.74) is -3.76. The molecule has 0 radical (unpaired) electrons. The molecule has 4 heterocycles. The fraction of sp³-hybridized carbons (Fsp3) is 0.0833. The second-order valence-corrected chi connectivity index (χ2v) is 25.8. The van der Waals surface area contributed by atoms with Gasteiger partial charge in [0.2, 0.25) is 10.8 Å². The summed E-state index contributed by atoms with van der Waals surface area (Å²) >= 11 is 4.20. The Morgan fingerprint density at radius 2 is 0.630 bits per heavy atom. The van der Waals surface area contributed by atoms with E-state index in [2.05, 4.69) is 0 Å². The Balaban J connectivity index is 1.01. The van der Waals surface area contributed by atoms with Crippen molar-refractivity contribution in [3.8, 4) is 43.8 Å². The number of ketones is 4. The third-order valence-corrected chi connectivity index (χ3v) is 21.4. The number of thiophene rings is 4. The number of nitrogens with zero attached hydrogens (tertiary/aromatic N) is 4. The fourth-order valence-electron chi connectivity index (χ4n) is 12.1. The van der Waals surface area contributed by atoms with Crippen molar-refractivity contribution in [3.05, 3.63) is 268 Å². The van der Waals surface area contributed by atoms with Gasteiger partial charge in [-0.15, -0.1) is 45.3 Å². The molecule has 6 aromatic carbocycles. The van der Waals surface area contributed by atoms with E-state index in [1.54, 1.807) is 121 Å². The van der Waals surface area contributed by atoms with Crippen LogP contribution in [0.2, 0.25) is 0 Å². The van der Waals surface area contributed by atoms with Gasteiger partial charge in [0.05, 0.1) is 62.3 Å².